The number of benzene rings is 1. The van der Waals surface area contributed by atoms with E-state index in [1.54, 1.807) is 11.9 Å². The smallest absolute Gasteiger partial charge is 0.325 e. The normalized spacial score (nSPS) is 21.0. The number of urea groups is 1. The van der Waals surface area contributed by atoms with Crippen molar-refractivity contribution >= 4 is 23.5 Å². The first-order valence-electron chi connectivity index (χ1n) is 10.3. The molecule has 2 aliphatic heterocycles. The second kappa shape index (κ2) is 8.02. The predicted octanol–water partition coefficient (Wildman–Crippen LogP) is 1.35. The van der Waals surface area contributed by atoms with Crippen LogP contribution in [0, 0.1) is 0 Å². The lowest BCUT2D eigenvalue weighted by Crippen LogP contribution is -2.45. The number of morpholine rings is 1. The van der Waals surface area contributed by atoms with Crippen LogP contribution >= 0.6 is 0 Å². The van der Waals surface area contributed by atoms with Gasteiger partial charge in [-0.2, -0.15) is 0 Å². The van der Waals surface area contributed by atoms with E-state index in [-0.39, 0.29) is 18.4 Å². The molecule has 8 heteroatoms. The summed E-state index contributed by atoms with van der Waals surface area (Å²) in [6, 6.07) is 7.56. The number of hydrogen-bond acceptors (Lipinski definition) is 5. The zero-order valence-electron chi connectivity index (χ0n) is 16.9. The van der Waals surface area contributed by atoms with Crippen molar-refractivity contribution in [2.45, 2.75) is 37.8 Å². The first kappa shape index (κ1) is 19.7. The molecule has 4 amide bonds. The van der Waals surface area contributed by atoms with E-state index in [1.165, 1.54) is 0 Å². The van der Waals surface area contributed by atoms with Gasteiger partial charge in [0.15, 0.2) is 0 Å². The highest BCUT2D eigenvalue weighted by molar-refractivity contribution is 6.09. The minimum atomic E-state index is -0.779. The summed E-state index contributed by atoms with van der Waals surface area (Å²) in [6.07, 6.45) is 3.16. The number of amides is 4. The number of ether oxygens (including phenoxy) is 1. The van der Waals surface area contributed by atoms with Gasteiger partial charge in [-0.3, -0.25) is 14.5 Å². The van der Waals surface area contributed by atoms with E-state index in [0.29, 0.717) is 32.6 Å². The third-order valence-electron chi connectivity index (χ3n) is 6.17. The standard InChI is InChI=1S/C21H28N4O4/c1-23(14-16-6-2-3-7-17(16)24-10-12-29-13-11-24)18(26)15-25-19(27)21(22-20(25)28)8-4-5-9-21/h2-3,6-7H,4-5,8-15H2,1H3,(H,22,28). The predicted molar refractivity (Wildman–Crippen MR) is 107 cm³/mol. The summed E-state index contributed by atoms with van der Waals surface area (Å²) in [5.74, 6) is -0.504. The Morgan fingerprint density at radius 1 is 1.17 bits per heavy atom. The van der Waals surface area contributed by atoms with E-state index in [1.807, 2.05) is 18.2 Å². The van der Waals surface area contributed by atoms with Crippen LogP contribution in [0.2, 0.25) is 0 Å². The van der Waals surface area contributed by atoms with Gasteiger partial charge in [-0.1, -0.05) is 31.0 Å². The number of anilines is 1. The van der Waals surface area contributed by atoms with Crippen molar-refractivity contribution in [3.05, 3.63) is 29.8 Å². The Morgan fingerprint density at radius 2 is 1.86 bits per heavy atom. The molecule has 0 aromatic heterocycles. The summed E-state index contributed by atoms with van der Waals surface area (Å²) < 4.78 is 5.43. The number of carbonyl (C=O) groups excluding carboxylic acids is 3. The fraction of sp³-hybridized carbons (Fsp3) is 0.571. The molecule has 8 nitrogen and oxygen atoms in total. The first-order valence-corrected chi connectivity index (χ1v) is 10.3. The zero-order valence-corrected chi connectivity index (χ0v) is 16.9. The van der Waals surface area contributed by atoms with Gasteiger partial charge in [0, 0.05) is 32.4 Å². The number of imide groups is 1. The van der Waals surface area contributed by atoms with Crippen molar-refractivity contribution in [2.24, 2.45) is 0 Å². The molecule has 1 N–H and O–H groups in total. The molecule has 1 aromatic rings. The van der Waals surface area contributed by atoms with E-state index >= 15 is 0 Å². The molecule has 2 heterocycles. The van der Waals surface area contributed by atoms with Crippen LogP contribution in [0.1, 0.15) is 31.2 Å². The molecule has 4 rings (SSSR count). The lowest BCUT2D eigenvalue weighted by Gasteiger charge is -2.31. The van der Waals surface area contributed by atoms with Gasteiger partial charge in [0.2, 0.25) is 5.91 Å². The van der Waals surface area contributed by atoms with Gasteiger partial charge < -0.3 is 19.9 Å². The number of hydrogen-bond donors (Lipinski definition) is 1. The second-order valence-corrected chi connectivity index (χ2v) is 8.09. The Morgan fingerprint density at radius 3 is 2.59 bits per heavy atom. The van der Waals surface area contributed by atoms with Gasteiger partial charge >= 0.3 is 6.03 Å². The average Bonchev–Trinajstić information content (AvgIpc) is 3.29. The van der Waals surface area contributed by atoms with E-state index in [0.717, 1.165) is 42.1 Å². The molecule has 3 fully saturated rings. The Kier molecular flexibility index (Phi) is 5.45. The highest BCUT2D eigenvalue weighted by Crippen LogP contribution is 2.35. The molecule has 0 bridgehead atoms. The SMILES string of the molecule is CN(Cc1ccccc1N1CCOCC1)C(=O)CN1C(=O)NC2(CCCC2)C1=O. The first-order chi connectivity index (χ1) is 14.0. The fourth-order valence-corrected chi connectivity index (χ4v) is 4.49. The van der Waals surface area contributed by atoms with Gasteiger partial charge in [0.1, 0.15) is 12.1 Å². The van der Waals surface area contributed by atoms with Crippen LogP contribution in [0.3, 0.4) is 0 Å². The summed E-state index contributed by atoms with van der Waals surface area (Å²) >= 11 is 0. The van der Waals surface area contributed by atoms with Gasteiger partial charge in [0.25, 0.3) is 5.91 Å². The fourth-order valence-electron chi connectivity index (χ4n) is 4.49. The monoisotopic (exact) mass is 400 g/mol. The van der Waals surface area contributed by atoms with E-state index < -0.39 is 11.6 Å². The maximum absolute atomic E-state index is 12.8. The third-order valence-corrected chi connectivity index (χ3v) is 6.17. The highest BCUT2D eigenvalue weighted by atomic mass is 16.5. The number of rotatable bonds is 5. The molecule has 2 saturated heterocycles. The molecule has 29 heavy (non-hydrogen) atoms. The summed E-state index contributed by atoms with van der Waals surface area (Å²) in [6.45, 7) is 3.22. The molecule has 0 atom stereocenters. The van der Waals surface area contributed by atoms with Crippen molar-refractivity contribution in [1.82, 2.24) is 15.1 Å². The average molecular weight is 400 g/mol. The summed E-state index contributed by atoms with van der Waals surface area (Å²) in [5.41, 5.74) is 1.35. The Balaban J connectivity index is 1.42. The second-order valence-electron chi connectivity index (χ2n) is 8.09. The Labute approximate surface area is 170 Å². The van der Waals surface area contributed by atoms with Crippen LogP contribution in [0.4, 0.5) is 10.5 Å². The van der Waals surface area contributed by atoms with Crippen LogP contribution in [-0.4, -0.2) is 73.1 Å². The number of para-hydroxylation sites is 1. The molecule has 1 aromatic carbocycles. The molecular weight excluding hydrogens is 372 g/mol. The lowest BCUT2D eigenvalue weighted by molar-refractivity contribution is -0.138. The van der Waals surface area contributed by atoms with Gasteiger partial charge in [0.05, 0.1) is 13.2 Å². The van der Waals surface area contributed by atoms with Crippen LogP contribution < -0.4 is 10.2 Å². The maximum Gasteiger partial charge on any atom is 0.325 e. The van der Waals surface area contributed by atoms with Crippen molar-refractivity contribution in [1.29, 1.82) is 0 Å². The summed E-state index contributed by atoms with van der Waals surface area (Å²) in [7, 11) is 1.71. The number of carbonyl (C=O) groups is 3. The zero-order chi connectivity index (χ0) is 20.4. The molecule has 0 unspecified atom stereocenters. The Hall–Kier alpha value is -2.61. The summed E-state index contributed by atoms with van der Waals surface area (Å²) in [4.78, 5) is 42.8. The van der Waals surface area contributed by atoms with E-state index in [9.17, 15) is 14.4 Å². The van der Waals surface area contributed by atoms with Crippen molar-refractivity contribution in [3.8, 4) is 0 Å². The summed E-state index contributed by atoms with van der Waals surface area (Å²) in [5, 5.41) is 2.82. The van der Waals surface area contributed by atoms with Crippen LogP contribution in [0.15, 0.2) is 24.3 Å². The molecule has 1 aliphatic carbocycles. The molecule has 0 radical (unpaired) electrons. The molecule has 1 saturated carbocycles. The number of nitrogens with zero attached hydrogens (tertiary/aromatic N) is 3. The highest BCUT2D eigenvalue weighted by Gasteiger charge is 2.52. The van der Waals surface area contributed by atoms with Crippen molar-refractivity contribution in [3.63, 3.8) is 0 Å². The number of likely N-dealkylation sites (N-methyl/N-ethyl adjacent to an activating group) is 1. The lowest BCUT2D eigenvalue weighted by atomic mass is 9.98. The largest absolute Gasteiger partial charge is 0.378 e. The van der Waals surface area contributed by atoms with Gasteiger partial charge in [-0.15, -0.1) is 0 Å². The van der Waals surface area contributed by atoms with Crippen molar-refractivity contribution in [2.75, 3.05) is 44.8 Å². The van der Waals surface area contributed by atoms with E-state index in [4.69, 9.17) is 4.74 Å². The van der Waals surface area contributed by atoms with Gasteiger partial charge in [-0.05, 0) is 24.5 Å². The van der Waals surface area contributed by atoms with Gasteiger partial charge in [-0.25, -0.2) is 4.79 Å². The quantitative estimate of drug-likeness (QED) is 0.755. The molecular formula is C21H28N4O4. The minimum Gasteiger partial charge on any atom is -0.378 e. The van der Waals surface area contributed by atoms with Crippen molar-refractivity contribution < 1.29 is 19.1 Å². The molecule has 1 spiro atoms. The minimum absolute atomic E-state index is 0.220. The molecule has 156 valence electrons. The van der Waals surface area contributed by atoms with E-state index in [2.05, 4.69) is 16.3 Å². The van der Waals surface area contributed by atoms with Crippen LogP contribution in [-0.2, 0) is 20.9 Å². The maximum atomic E-state index is 12.8. The van der Waals surface area contributed by atoms with Crippen LogP contribution in [0.5, 0.6) is 0 Å². The molecule has 3 aliphatic rings. The third kappa shape index (κ3) is 3.81. The van der Waals surface area contributed by atoms with Crippen LogP contribution in [0.25, 0.3) is 0 Å². The topological polar surface area (TPSA) is 82.2 Å². The number of nitrogens with one attached hydrogen (secondary N) is 1. The Bertz CT molecular complexity index is 800.